The van der Waals surface area contributed by atoms with Crippen LogP contribution in [0.4, 0.5) is 0 Å². The zero-order valence-electron chi connectivity index (χ0n) is 11.5. The monoisotopic (exact) mass is 325 g/mol. The fourth-order valence-electron chi connectivity index (χ4n) is 1.98. The largest absolute Gasteiger partial charge is 0.492 e. The molecule has 4 nitrogen and oxygen atoms in total. The number of rotatable bonds is 5. The molecular formula is C15H16ClNO3S. The van der Waals surface area contributed by atoms with E-state index in [1.807, 2.05) is 19.1 Å². The Morgan fingerprint density at radius 2 is 1.90 bits per heavy atom. The summed E-state index contributed by atoms with van der Waals surface area (Å²) in [4.78, 5) is 0.128. The first-order valence-electron chi connectivity index (χ1n) is 6.37. The molecule has 0 aliphatic rings. The fraction of sp³-hybridized carbons (Fsp3) is 0.200. The number of benzene rings is 2. The van der Waals surface area contributed by atoms with Gasteiger partial charge >= 0.3 is 0 Å². The maximum atomic E-state index is 11.5. The Labute approximate surface area is 129 Å². The van der Waals surface area contributed by atoms with Crippen molar-refractivity contribution in [3.8, 4) is 5.75 Å². The number of hydrogen-bond donors (Lipinski definition) is 1. The molecule has 2 N–H and O–H groups in total. The van der Waals surface area contributed by atoms with E-state index in [4.69, 9.17) is 21.5 Å². The van der Waals surface area contributed by atoms with Gasteiger partial charge in [-0.25, -0.2) is 13.6 Å². The molecule has 0 unspecified atom stereocenters. The highest BCUT2D eigenvalue weighted by atomic mass is 35.5. The lowest BCUT2D eigenvalue weighted by Gasteiger charge is -2.10. The molecule has 0 aromatic heterocycles. The summed E-state index contributed by atoms with van der Waals surface area (Å²) in [6, 6.07) is 12.1. The van der Waals surface area contributed by atoms with Crippen LogP contribution in [0.15, 0.2) is 47.4 Å². The third-order valence-electron chi connectivity index (χ3n) is 3.00. The van der Waals surface area contributed by atoms with Crippen LogP contribution in [0.1, 0.15) is 11.1 Å². The van der Waals surface area contributed by atoms with Crippen molar-refractivity contribution in [3.63, 3.8) is 0 Å². The van der Waals surface area contributed by atoms with Gasteiger partial charge in [-0.1, -0.05) is 35.9 Å². The second kappa shape index (κ2) is 6.47. The predicted molar refractivity (Wildman–Crippen MR) is 83.2 cm³/mol. The minimum absolute atomic E-state index is 0.128. The van der Waals surface area contributed by atoms with E-state index in [1.165, 1.54) is 6.07 Å². The van der Waals surface area contributed by atoms with Gasteiger partial charge in [-0.05, 0) is 36.2 Å². The molecule has 0 fully saturated rings. The predicted octanol–water partition coefficient (Wildman–Crippen LogP) is 2.92. The molecule has 0 aliphatic heterocycles. The van der Waals surface area contributed by atoms with Gasteiger partial charge in [0.2, 0.25) is 10.0 Å². The topological polar surface area (TPSA) is 69.4 Å². The first-order chi connectivity index (χ1) is 9.88. The van der Waals surface area contributed by atoms with Crippen molar-refractivity contribution < 1.29 is 13.2 Å². The summed E-state index contributed by atoms with van der Waals surface area (Å²) in [7, 11) is -3.72. The number of primary sulfonamides is 1. The smallest absolute Gasteiger partial charge is 0.238 e. The lowest BCUT2D eigenvalue weighted by atomic mass is 10.1. The SMILES string of the molecule is Cc1ccc(OCCc2ccccc2S(N)(=O)=O)c(Cl)c1. The summed E-state index contributed by atoms with van der Waals surface area (Å²) in [6.07, 6.45) is 0.427. The minimum atomic E-state index is -3.72. The Kier molecular flexibility index (Phi) is 4.88. The summed E-state index contributed by atoms with van der Waals surface area (Å²) < 4.78 is 28.6. The minimum Gasteiger partial charge on any atom is -0.492 e. The third-order valence-corrected chi connectivity index (χ3v) is 4.30. The lowest BCUT2D eigenvalue weighted by molar-refractivity contribution is 0.321. The van der Waals surface area contributed by atoms with Gasteiger partial charge in [0.05, 0.1) is 16.5 Å². The normalized spacial score (nSPS) is 11.4. The van der Waals surface area contributed by atoms with Crippen LogP contribution in [0.3, 0.4) is 0 Å². The molecule has 0 saturated carbocycles. The van der Waals surface area contributed by atoms with Gasteiger partial charge in [0.25, 0.3) is 0 Å². The Hall–Kier alpha value is -1.56. The summed E-state index contributed by atoms with van der Waals surface area (Å²) in [5.74, 6) is 0.579. The molecule has 112 valence electrons. The molecule has 0 bridgehead atoms. The molecule has 2 aromatic carbocycles. The molecule has 21 heavy (non-hydrogen) atoms. The molecular weight excluding hydrogens is 310 g/mol. The Balaban J connectivity index is 2.08. The van der Waals surface area contributed by atoms with Gasteiger partial charge in [-0.2, -0.15) is 0 Å². The molecule has 0 radical (unpaired) electrons. The molecule has 0 aliphatic carbocycles. The molecule has 0 heterocycles. The number of nitrogens with two attached hydrogens (primary N) is 1. The van der Waals surface area contributed by atoms with Gasteiger partial charge < -0.3 is 4.74 Å². The van der Waals surface area contributed by atoms with E-state index in [-0.39, 0.29) is 4.90 Å². The quantitative estimate of drug-likeness (QED) is 0.919. The molecule has 6 heteroatoms. The molecule has 0 spiro atoms. The highest BCUT2D eigenvalue weighted by Crippen LogP contribution is 2.25. The van der Waals surface area contributed by atoms with Crippen LogP contribution >= 0.6 is 11.6 Å². The van der Waals surface area contributed by atoms with Crippen molar-refractivity contribution in [2.75, 3.05) is 6.61 Å². The zero-order valence-corrected chi connectivity index (χ0v) is 13.1. The van der Waals surface area contributed by atoms with Crippen molar-refractivity contribution in [2.45, 2.75) is 18.2 Å². The third kappa shape index (κ3) is 4.20. The summed E-state index contributed by atoms with van der Waals surface area (Å²) in [5.41, 5.74) is 1.68. The maximum Gasteiger partial charge on any atom is 0.238 e. The average Bonchev–Trinajstić information content (AvgIpc) is 2.41. The maximum absolute atomic E-state index is 11.5. The Morgan fingerprint density at radius 3 is 2.57 bits per heavy atom. The van der Waals surface area contributed by atoms with Gasteiger partial charge in [-0.15, -0.1) is 0 Å². The average molecular weight is 326 g/mol. The second-order valence-corrected chi connectivity index (χ2v) is 6.62. The summed E-state index contributed by atoms with van der Waals surface area (Å²) >= 11 is 6.07. The standard InChI is InChI=1S/C15H16ClNO3S/c1-11-6-7-14(13(16)10-11)20-9-8-12-4-2-3-5-15(12)21(17,18)19/h2-7,10H,8-9H2,1H3,(H2,17,18,19). The highest BCUT2D eigenvalue weighted by molar-refractivity contribution is 7.89. The van der Waals surface area contributed by atoms with E-state index >= 15 is 0 Å². The molecule has 0 atom stereocenters. The van der Waals surface area contributed by atoms with Gasteiger partial charge in [-0.3, -0.25) is 0 Å². The van der Waals surface area contributed by atoms with Crippen LogP contribution in [0.2, 0.25) is 5.02 Å². The van der Waals surface area contributed by atoms with Gasteiger partial charge in [0.15, 0.2) is 0 Å². The molecule has 2 rings (SSSR count). The zero-order chi connectivity index (χ0) is 15.5. The van der Waals surface area contributed by atoms with Crippen molar-refractivity contribution in [2.24, 2.45) is 5.14 Å². The van der Waals surface area contributed by atoms with E-state index in [1.54, 1.807) is 24.3 Å². The van der Waals surface area contributed by atoms with Crippen molar-refractivity contribution in [1.82, 2.24) is 0 Å². The summed E-state index contributed by atoms with van der Waals surface area (Å²) in [6.45, 7) is 2.26. The van der Waals surface area contributed by atoms with Crippen LogP contribution in [-0.2, 0) is 16.4 Å². The van der Waals surface area contributed by atoms with E-state index in [0.29, 0.717) is 29.4 Å². The van der Waals surface area contributed by atoms with E-state index in [2.05, 4.69) is 0 Å². The van der Waals surface area contributed by atoms with E-state index in [0.717, 1.165) is 5.56 Å². The lowest BCUT2D eigenvalue weighted by Crippen LogP contribution is -2.15. The number of sulfonamides is 1. The van der Waals surface area contributed by atoms with Crippen LogP contribution in [0.25, 0.3) is 0 Å². The fourth-order valence-corrected chi connectivity index (χ4v) is 3.08. The van der Waals surface area contributed by atoms with Crippen molar-refractivity contribution in [1.29, 1.82) is 0 Å². The van der Waals surface area contributed by atoms with Gasteiger partial charge in [0.1, 0.15) is 5.75 Å². The Bertz CT molecular complexity index is 744. The van der Waals surface area contributed by atoms with Crippen LogP contribution in [0, 0.1) is 6.92 Å². The first-order valence-corrected chi connectivity index (χ1v) is 8.30. The molecule has 2 aromatic rings. The van der Waals surface area contributed by atoms with Crippen LogP contribution in [-0.4, -0.2) is 15.0 Å². The number of aryl methyl sites for hydroxylation is 1. The molecule has 0 saturated heterocycles. The highest BCUT2D eigenvalue weighted by Gasteiger charge is 2.13. The van der Waals surface area contributed by atoms with Crippen LogP contribution < -0.4 is 9.88 Å². The number of hydrogen-bond acceptors (Lipinski definition) is 3. The second-order valence-electron chi connectivity index (χ2n) is 4.69. The number of halogens is 1. The van der Waals surface area contributed by atoms with E-state index < -0.39 is 10.0 Å². The summed E-state index contributed by atoms with van der Waals surface area (Å²) in [5, 5.41) is 5.73. The van der Waals surface area contributed by atoms with Crippen molar-refractivity contribution in [3.05, 3.63) is 58.6 Å². The Morgan fingerprint density at radius 1 is 1.19 bits per heavy atom. The molecule has 0 amide bonds. The van der Waals surface area contributed by atoms with Crippen LogP contribution in [0.5, 0.6) is 5.75 Å². The van der Waals surface area contributed by atoms with E-state index in [9.17, 15) is 8.42 Å². The number of ether oxygens (including phenoxy) is 1. The first kappa shape index (κ1) is 15.8. The van der Waals surface area contributed by atoms with Gasteiger partial charge in [0, 0.05) is 6.42 Å². The van der Waals surface area contributed by atoms with Crippen molar-refractivity contribution >= 4 is 21.6 Å².